The van der Waals surface area contributed by atoms with E-state index in [9.17, 15) is 13.2 Å². The van der Waals surface area contributed by atoms with Crippen LogP contribution in [0, 0.1) is 0 Å². The summed E-state index contributed by atoms with van der Waals surface area (Å²) in [6.07, 6.45) is 0.877. The molecule has 8 nitrogen and oxygen atoms in total. The van der Waals surface area contributed by atoms with Crippen molar-refractivity contribution in [1.82, 2.24) is 9.71 Å². The van der Waals surface area contributed by atoms with Gasteiger partial charge in [-0.25, -0.2) is 18.1 Å². The highest BCUT2D eigenvalue weighted by atomic mass is 32.2. The Labute approximate surface area is 159 Å². The van der Waals surface area contributed by atoms with Gasteiger partial charge in [-0.2, -0.15) is 0 Å². The van der Waals surface area contributed by atoms with Gasteiger partial charge in [0.15, 0.2) is 0 Å². The number of benzene rings is 1. The van der Waals surface area contributed by atoms with Crippen molar-refractivity contribution in [3.63, 3.8) is 0 Å². The second kappa shape index (κ2) is 8.47. The Morgan fingerprint density at radius 2 is 1.85 bits per heavy atom. The second-order valence-electron chi connectivity index (χ2n) is 7.14. The molecule has 0 aliphatic rings. The van der Waals surface area contributed by atoms with E-state index in [1.165, 1.54) is 18.3 Å². The number of likely N-dealkylation sites (N-methyl/N-ethyl adjacent to an activating group) is 1. The van der Waals surface area contributed by atoms with Crippen molar-refractivity contribution < 1.29 is 27.5 Å². The van der Waals surface area contributed by atoms with Gasteiger partial charge < -0.3 is 14.3 Å². The highest BCUT2D eigenvalue weighted by Gasteiger charge is 2.27. The Kier molecular flexibility index (Phi) is 6.53. The second-order valence-corrected chi connectivity index (χ2v) is 8.85. The Morgan fingerprint density at radius 1 is 1.19 bits per heavy atom. The third-order valence-corrected chi connectivity index (χ3v) is 5.00. The first-order valence-corrected chi connectivity index (χ1v) is 9.77. The molecule has 0 spiro atoms. The highest BCUT2D eigenvalue weighted by molar-refractivity contribution is 7.89. The summed E-state index contributed by atoms with van der Waals surface area (Å²) in [6.45, 7) is 0.328. The molecular formula is C18H24N3O5S+. The molecule has 0 bridgehead atoms. The molecule has 0 saturated carbocycles. The molecule has 0 aliphatic carbocycles. The number of carbonyl (C=O) groups is 1. The quantitative estimate of drug-likeness (QED) is 0.627. The Morgan fingerprint density at radius 3 is 2.37 bits per heavy atom. The van der Waals surface area contributed by atoms with Gasteiger partial charge in [-0.05, 0) is 18.2 Å². The third-order valence-electron chi connectivity index (χ3n) is 3.50. The summed E-state index contributed by atoms with van der Waals surface area (Å²) >= 11 is 0. The molecule has 0 aliphatic heterocycles. The highest BCUT2D eigenvalue weighted by Crippen LogP contribution is 2.20. The van der Waals surface area contributed by atoms with E-state index in [4.69, 9.17) is 9.84 Å². The standard InChI is InChI=1S/C18H23N3O5S/c1-21(2,3)13-14(11-18(22)23)20-27(24,25)16-9-10-17(19-12-16)26-15-7-5-4-6-8-15/h4-10,12,14,20H,11,13H2,1-3H3/p+1/t14-/m1/s1. The molecule has 1 aromatic heterocycles. The maximum atomic E-state index is 12.6. The van der Waals surface area contributed by atoms with Gasteiger partial charge in [0.1, 0.15) is 10.6 Å². The number of hydrogen-bond acceptors (Lipinski definition) is 5. The lowest BCUT2D eigenvalue weighted by Crippen LogP contribution is -2.49. The van der Waals surface area contributed by atoms with Crippen LogP contribution >= 0.6 is 0 Å². The molecule has 2 aromatic rings. The number of nitrogens with one attached hydrogen (secondary N) is 1. The Balaban J connectivity index is 2.13. The molecule has 1 atom stereocenters. The first-order valence-electron chi connectivity index (χ1n) is 8.29. The van der Waals surface area contributed by atoms with Gasteiger partial charge in [0.2, 0.25) is 15.9 Å². The lowest BCUT2D eigenvalue weighted by Gasteiger charge is -2.28. The average Bonchev–Trinajstić information content (AvgIpc) is 2.53. The van der Waals surface area contributed by atoms with Gasteiger partial charge >= 0.3 is 5.97 Å². The van der Waals surface area contributed by atoms with E-state index in [1.54, 1.807) is 12.1 Å². The van der Waals surface area contributed by atoms with E-state index in [2.05, 4.69) is 9.71 Å². The van der Waals surface area contributed by atoms with Gasteiger partial charge in [0.05, 0.1) is 46.3 Å². The number of aromatic nitrogens is 1. The number of rotatable bonds is 9. The number of nitrogens with zero attached hydrogens (tertiary/aromatic N) is 2. The van der Waals surface area contributed by atoms with Crippen LogP contribution in [0.15, 0.2) is 53.6 Å². The van der Waals surface area contributed by atoms with Crippen molar-refractivity contribution in [1.29, 1.82) is 0 Å². The van der Waals surface area contributed by atoms with Crippen molar-refractivity contribution in [3.8, 4) is 11.6 Å². The van der Waals surface area contributed by atoms with Gasteiger partial charge in [0, 0.05) is 6.07 Å². The van der Waals surface area contributed by atoms with Gasteiger partial charge in [-0.1, -0.05) is 18.2 Å². The predicted octanol–water partition coefficient (Wildman–Crippen LogP) is 1.70. The third kappa shape index (κ3) is 6.97. The minimum Gasteiger partial charge on any atom is -0.481 e. The van der Waals surface area contributed by atoms with Crippen LogP contribution in [0.4, 0.5) is 0 Å². The fourth-order valence-corrected chi connectivity index (χ4v) is 3.67. The number of sulfonamides is 1. The fraction of sp³-hybridized carbons (Fsp3) is 0.333. The molecule has 146 valence electrons. The molecule has 0 radical (unpaired) electrons. The minimum absolute atomic E-state index is 0.0558. The van der Waals surface area contributed by atoms with E-state index in [1.807, 2.05) is 39.3 Å². The van der Waals surface area contributed by atoms with Crippen LogP contribution < -0.4 is 9.46 Å². The van der Waals surface area contributed by atoms with Crippen molar-refractivity contribution in [2.75, 3.05) is 27.7 Å². The Hall–Kier alpha value is -2.49. The first-order chi connectivity index (χ1) is 12.5. The smallest absolute Gasteiger partial charge is 0.305 e. The zero-order valence-corrected chi connectivity index (χ0v) is 16.3. The van der Waals surface area contributed by atoms with Gasteiger partial charge in [0.25, 0.3) is 0 Å². The molecule has 2 N–H and O–H groups in total. The number of quaternary nitrogens is 1. The van der Waals surface area contributed by atoms with Crippen molar-refractivity contribution in [2.24, 2.45) is 0 Å². The molecule has 0 saturated heterocycles. The number of carboxylic acids is 1. The van der Waals surface area contributed by atoms with E-state index in [0.717, 1.165) is 0 Å². The first kappa shape index (κ1) is 20.8. The Bertz CT molecular complexity index is 862. The molecule has 1 heterocycles. The van der Waals surface area contributed by atoms with E-state index in [-0.39, 0.29) is 17.2 Å². The number of hydrogen-bond donors (Lipinski definition) is 2. The topological polar surface area (TPSA) is 106 Å². The van der Waals surface area contributed by atoms with Crippen LogP contribution in [0.25, 0.3) is 0 Å². The summed E-state index contributed by atoms with van der Waals surface area (Å²) in [7, 11) is 1.68. The number of carboxylic acid groups (broad SMARTS) is 1. The lowest BCUT2D eigenvalue weighted by atomic mass is 10.2. The van der Waals surface area contributed by atoms with E-state index < -0.39 is 22.0 Å². The van der Waals surface area contributed by atoms with Gasteiger partial charge in [-0.3, -0.25) is 4.79 Å². The van der Waals surface area contributed by atoms with Crippen LogP contribution in [0.2, 0.25) is 0 Å². The maximum absolute atomic E-state index is 12.6. The van der Waals surface area contributed by atoms with Gasteiger partial charge in [-0.15, -0.1) is 0 Å². The van der Waals surface area contributed by atoms with Crippen LogP contribution in [-0.4, -0.2) is 62.7 Å². The molecule has 0 fully saturated rings. The predicted molar refractivity (Wildman–Crippen MR) is 100 cm³/mol. The summed E-state index contributed by atoms with van der Waals surface area (Å²) in [5.41, 5.74) is 0. The van der Waals surface area contributed by atoms with Crippen molar-refractivity contribution in [3.05, 3.63) is 48.7 Å². The van der Waals surface area contributed by atoms with E-state index >= 15 is 0 Å². The number of pyridine rings is 1. The van der Waals surface area contributed by atoms with Crippen LogP contribution in [0.3, 0.4) is 0 Å². The molecule has 1 aromatic carbocycles. The summed E-state index contributed by atoms with van der Waals surface area (Å²) in [4.78, 5) is 15.0. The monoisotopic (exact) mass is 394 g/mol. The summed E-state index contributed by atoms with van der Waals surface area (Å²) in [5, 5.41) is 9.05. The van der Waals surface area contributed by atoms with Crippen molar-refractivity contribution >= 4 is 16.0 Å². The largest absolute Gasteiger partial charge is 0.481 e. The number of ether oxygens (including phenoxy) is 1. The molecule has 0 amide bonds. The zero-order chi connectivity index (χ0) is 20.1. The molecule has 0 unspecified atom stereocenters. The zero-order valence-electron chi connectivity index (χ0n) is 15.5. The van der Waals surface area contributed by atoms with E-state index in [0.29, 0.717) is 16.8 Å². The van der Waals surface area contributed by atoms with Crippen LogP contribution in [-0.2, 0) is 14.8 Å². The number of para-hydroxylation sites is 1. The summed E-state index contributed by atoms with van der Waals surface area (Å²) < 4.78 is 33.6. The molecule has 2 rings (SSSR count). The lowest BCUT2D eigenvalue weighted by molar-refractivity contribution is -0.871. The molecule has 9 heteroatoms. The SMILES string of the molecule is C[N+](C)(C)C[C@@H](CC(=O)O)NS(=O)(=O)c1ccc(Oc2ccccc2)nc1. The average molecular weight is 394 g/mol. The minimum atomic E-state index is -3.91. The summed E-state index contributed by atoms with van der Waals surface area (Å²) in [6, 6.07) is 11.1. The van der Waals surface area contributed by atoms with Crippen LogP contribution in [0.1, 0.15) is 6.42 Å². The van der Waals surface area contributed by atoms with Crippen molar-refractivity contribution in [2.45, 2.75) is 17.4 Å². The normalized spacial score (nSPS) is 13.1. The van der Waals surface area contributed by atoms with Crippen LogP contribution in [0.5, 0.6) is 11.6 Å². The fourth-order valence-electron chi connectivity index (χ4n) is 2.50. The summed E-state index contributed by atoms with van der Waals surface area (Å²) in [5.74, 6) is -0.224. The molecule has 27 heavy (non-hydrogen) atoms. The molecular weight excluding hydrogens is 370 g/mol. The number of aliphatic carboxylic acids is 1. The maximum Gasteiger partial charge on any atom is 0.305 e.